The lowest BCUT2D eigenvalue weighted by molar-refractivity contribution is 0.103. The number of imidazole rings is 1. The average Bonchev–Trinajstić information content (AvgIpc) is 3.11. The van der Waals surface area contributed by atoms with Gasteiger partial charge in [-0.15, -0.1) is 0 Å². The zero-order valence-corrected chi connectivity index (χ0v) is 15.6. The lowest BCUT2D eigenvalue weighted by Crippen LogP contribution is -2.29. The van der Waals surface area contributed by atoms with Gasteiger partial charge in [0.1, 0.15) is 5.65 Å². The number of H-pyrrole nitrogens is 1. The van der Waals surface area contributed by atoms with Crippen LogP contribution in [0, 0.1) is 0 Å². The van der Waals surface area contributed by atoms with Crippen molar-refractivity contribution >= 4 is 28.5 Å². The van der Waals surface area contributed by atoms with Gasteiger partial charge in [-0.25, -0.2) is 9.78 Å². The van der Waals surface area contributed by atoms with Gasteiger partial charge in [0, 0.05) is 23.2 Å². The number of rotatable bonds is 4. The van der Waals surface area contributed by atoms with E-state index in [0.29, 0.717) is 28.3 Å². The van der Waals surface area contributed by atoms with E-state index in [2.05, 4.69) is 9.97 Å². The zero-order chi connectivity index (χ0) is 19.8. The van der Waals surface area contributed by atoms with Crippen molar-refractivity contribution in [3.05, 3.63) is 97.4 Å². The normalized spacial score (nSPS) is 11.1. The molecule has 0 amide bonds. The van der Waals surface area contributed by atoms with Crippen molar-refractivity contribution in [3.63, 3.8) is 0 Å². The molecule has 0 saturated heterocycles. The van der Waals surface area contributed by atoms with Crippen LogP contribution in [0.15, 0.2) is 64.4 Å². The molecule has 0 saturated carbocycles. The first-order chi connectivity index (χ1) is 13.4. The maximum absolute atomic E-state index is 12.5. The fraction of sp³-hybridized carbons (Fsp3) is 0.100. The van der Waals surface area contributed by atoms with Gasteiger partial charge in [-0.2, -0.15) is 0 Å². The molecule has 28 heavy (non-hydrogen) atoms. The highest BCUT2D eigenvalue weighted by atomic mass is 35.5. The average molecular weight is 395 g/mol. The van der Waals surface area contributed by atoms with Crippen molar-refractivity contribution in [2.75, 3.05) is 0 Å². The van der Waals surface area contributed by atoms with Crippen LogP contribution in [0.2, 0.25) is 5.02 Å². The van der Waals surface area contributed by atoms with Gasteiger partial charge in [0.2, 0.25) is 0 Å². The standard InChI is InChI=1S/C20H15ClN4O3/c1-24-19-16(18(27)23-20(24)28)22-11-25(19)10-12-2-4-13(5-3-12)17(26)14-6-8-15(21)9-7-14/h2-9,11H,10H2,1H3,(H,23,27,28). The number of nitrogens with zero attached hydrogens (tertiary/aromatic N) is 3. The molecule has 0 fully saturated rings. The van der Waals surface area contributed by atoms with E-state index in [4.69, 9.17) is 11.6 Å². The fourth-order valence-corrected chi connectivity index (χ4v) is 3.19. The second kappa shape index (κ2) is 6.94. The van der Waals surface area contributed by atoms with Gasteiger partial charge in [-0.1, -0.05) is 35.9 Å². The van der Waals surface area contributed by atoms with E-state index in [9.17, 15) is 14.4 Å². The number of carbonyl (C=O) groups excluding carboxylic acids is 1. The minimum Gasteiger partial charge on any atom is -0.312 e. The highest BCUT2D eigenvalue weighted by Crippen LogP contribution is 2.16. The summed E-state index contributed by atoms with van der Waals surface area (Å²) in [6.07, 6.45) is 1.52. The van der Waals surface area contributed by atoms with Crippen LogP contribution in [0.5, 0.6) is 0 Å². The number of nitrogens with one attached hydrogen (secondary N) is 1. The molecule has 0 bridgehead atoms. The molecule has 0 radical (unpaired) electrons. The summed E-state index contributed by atoms with van der Waals surface area (Å²) in [7, 11) is 1.58. The van der Waals surface area contributed by atoms with Crippen LogP contribution in [0.3, 0.4) is 0 Å². The predicted octanol–water partition coefficient (Wildman–Crippen LogP) is 2.36. The largest absolute Gasteiger partial charge is 0.329 e. The number of carbonyl (C=O) groups is 1. The Balaban J connectivity index is 1.63. The summed E-state index contributed by atoms with van der Waals surface area (Å²) >= 11 is 5.86. The van der Waals surface area contributed by atoms with Crippen LogP contribution in [0.25, 0.3) is 11.2 Å². The van der Waals surface area contributed by atoms with E-state index in [1.807, 2.05) is 12.1 Å². The van der Waals surface area contributed by atoms with Gasteiger partial charge in [0.15, 0.2) is 11.3 Å². The van der Waals surface area contributed by atoms with E-state index in [1.165, 1.54) is 10.9 Å². The molecule has 0 spiro atoms. The molecule has 0 unspecified atom stereocenters. The van der Waals surface area contributed by atoms with Crippen molar-refractivity contribution in [2.24, 2.45) is 7.05 Å². The first-order valence-corrected chi connectivity index (χ1v) is 8.85. The summed E-state index contributed by atoms with van der Waals surface area (Å²) in [6, 6.07) is 13.9. The quantitative estimate of drug-likeness (QED) is 0.538. The number of ketones is 1. The fourth-order valence-electron chi connectivity index (χ4n) is 3.07. The number of aryl methyl sites for hydroxylation is 1. The Morgan fingerprint density at radius 3 is 2.29 bits per heavy atom. The van der Waals surface area contributed by atoms with E-state index in [1.54, 1.807) is 48.0 Å². The molecule has 0 aliphatic rings. The smallest absolute Gasteiger partial charge is 0.312 e. The monoisotopic (exact) mass is 394 g/mol. The highest BCUT2D eigenvalue weighted by Gasteiger charge is 2.13. The van der Waals surface area contributed by atoms with Crippen LogP contribution in [0.1, 0.15) is 21.5 Å². The second-order valence-corrected chi connectivity index (χ2v) is 6.83. The maximum Gasteiger partial charge on any atom is 0.329 e. The lowest BCUT2D eigenvalue weighted by Gasteiger charge is -2.08. The first-order valence-electron chi connectivity index (χ1n) is 8.47. The van der Waals surface area contributed by atoms with Crippen molar-refractivity contribution in [1.82, 2.24) is 19.1 Å². The second-order valence-electron chi connectivity index (χ2n) is 6.40. The van der Waals surface area contributed by atoms with Gasteiger partial charge in [0.25, 0.3) is 5.56 Å². The number of aromatic nitrogens is 4. The van der Waals surface area contributed by atoms with E-state index < -0.39 is 11.2 Å². The molecule has 7 nitrogen and oxygen atoms in total. The molecule has 4 rings (SSSR count). The molecule has 4 aromatic rings. The molecule has 0 aliphatic carbocycles. The molecule has 1 N–H and O–H groups in total. The molecule has 0 aliphatic heterocycles. The van der Waals surface area contributed by atoms with E-state index >= 15 is 0 Å². The van der Waals surface area contributed by atoms with Crippen LogP contribution in [-0.4, -0.2) is 24.9 Å². The summed E-state index contributed by atoms with van der Waals surface area (Å²) in [6.45, 7) is 0.405. The molecular formula is C20H15ClN4O3. The molecule has 8 heteroatoms. The number of aromatic amines is 1. The zero-order valence-electron chi connectivity index (χ0n) is 14.8. The van der Waals surface area contributed by atoms with Crippen molar-refractivity contribution in [2.45, 2.75) is 6.54 Å². The summed E-state index contributed by atoms with van der Waals surface area (Å²) in [5.41, 5.74) is 1.66. The number of hydrogen-bond donors (Lipinski definition) is 1. The van der Waals surface area contributed by atoms with Gasteiger partial charge in [-0.05, 0) is 29.8 Å². The first kappa shape index (κ1) is 17.9. The molecule has 2 aromatic carbocycles. The Morgan fingerprint density at radius 2 is 1.64 bits per heavy atom. The van der Waals surface area contributed by atoms with Crippen molar-refractivity contribution in [3.8, 4) is 0 Å². The summed E-state index contributed by atoms with van der Waals surface area (Å²) < 4.78 is 3.07. The maximum atomic E-state index is 12.5. The van der Waals surface area contributed by atoms with E-state index in [-0.39, 0.29) is 11.3 Å². The number of halogens is 1. The van der Waals surface area contributed by atoms with Gasteiger partial charge < -0.3 is 4.57 Å². The Hall–Kier alpha value is -3.45. The van der Waals surface area contributed by atoms with Crippen LogP contribution in [-0.2, 0) is 13.6 Å². The molecule has 2 heterocycles. The topological polar surface area (TPSA) is 89.8 Å². The summed E-state index contributed by atoms with van der Waals surface area (Å²) in [5, 5.41) is 0.577. The Bertz CT molecular complexity index is 1300. The molecule has 2 aromatic heterocycles. The van der Waals surface area contributed by atoms with E-state index in [0.717, 1.165) is 5.56 Å². The van der Waals surface area contributed by atoms with Crippen molar-refractivity contribution < 1.29 is 4.79 Å². The lowest BCUT2D eigenvalue weighted by atomic mass is 10.0. The van der Waals surface area contributed by atoms with Crippen molar-refractivity contribution in [1.29, 1.82) is 0 Å². The van der Waals surface area contributed by atoms with Gasteiger partial charge in [0.05, 0.1) is 12.9 Å². The number of benzene rings is 2. The Labute approximate surface area is 163 Å². The molecule has 140 valence electrons. The Morgan fingerprint density at radius 1 is 1.04 bits per heavy atom. The SMILES string of the molecule is Cn1c(=O)[nH]c(=O)c2ncn(Cc3ccc(C(=O)c4ccc(Cl)cc4)cc3)c21. The van der Waals surface area contributed by atoms with Gasteiger partial charge >= 0.3 is 5.69 Å². The molecule has 0 atom stereocenters. The Kier molecular flexibility index (Phi) is 4.44. The number of fused-ring (bicyclic) bond motifs is 1. The predicted molar refractivity (Wildman–Crippen MR) is 106 cm³/mol. The number of hydrogen-bond acceptors (Lipinski definition) is 4. The third-order valence-corrected chi connectivity index (χ3v) is 4.80. The third kappa shape index (κ3) is 3.16. The highest BCUT2D eigenvalue weighted by molar-refractivity contribution is 6.30. The van der Waals surface area contributed by atoms with Crippen LogP contribution < -0.4 is 11.2 Å². The summed E-state index contributed by atoms with van der Waals surface area (Å²) in [5.74, 6) is -0.0924. The minimum atomic E-state index is -0.513. The summed E-state index contributed by atoms with van der Waals surface area (Å²) in [4.78, 5) is 42.6. The van der Waals surface area contributed by atoms with Crippen LogP contribution >= 0.6 is 11.6 Å². The minimum absolute atomic E-state index is 0.0924. The van der Waals surface area contributed by atoms with Crippen LogP contribution in [0.4, 0.5) is 0 Å². The third-order valence-electron chi connectivity index (χ3n) is 4.54. The van der Waals surface area contributed by atoms with Gasteiger partial charge in [-0.3, -0.25) is 19.1 Å². The molecular weight excluding hydrogens is 380 g/mol.